The lowest BCUT2D eigenvalue weighted by atomic mass is 10.2. The number of fused-ring (bicyclic) bond motifs is 1. The van der Waals surface area contributed by atoms with Crippen molar-refractivity contribution in [2.24, 2.45) is 0 Å². The van der Waals surface area contributed by atoms with E-state index in [0.29, 0.717) is 57.4 Å². The quantitative estimate of drug-likeness (QED) is 0.375. The number of aromatic nitrogens is 3. The van der Waals surface area contributed by atoms with Gasteiger partial charge in [0, 0.05) is 24.6 Å². The van der Waals surface area contributed by atoms with Gasteiger partial charge in [0.2, 0.25) is 11.8 Å². The molecule has 0 amide bonds. The molecular formula is C22H19FN4O6S. The Morgan fingerprint density at radius 3 is 2.79 bits per heavy atom. The first-order valence-electron chi connectivity index (χ1n) is 10.3. The van der Waals surface area contributed by atoms with E-state index in [9.17, 15) is 19.4 Å². The Balaban J connectivity index is 1.47. The summed E-state index contributed by atoms with van der Waals surface area (Å²) in [5, 5.41) is 23.2. The molecule has 1 saturated heterocycles. The van der Waals surface area contributed by atoms with E-state index in [4.69, 9.17) is 14.3 Å². The third kappa shape index (κ3) is 4.08. The standard InChI is InChI=1S/C22H19FN4O6S/c1-11-18-20(26-14-3-2-12(23)8-15(14)32-13-6-7-31-9-13)24-10-25-21(18)34-19(11)22(30)33-27-16(28)4-5-17(27)29/h2-5,8,10,13,28-29H,6-7,9H2,1H3,(H,24,25,26). The number of carbonyl (C=O) groups is 1. The number of aromatic hydroxyl groups is 2. The van der Waals surface area contributed by atoms with E-state index < -0.39 is 23.5 Å². The summed E-state index contributed by atoms with van der Waals surface area (Å²) in [5.74, 6) is -1.38. The number of halogens is 1. The van der Waals surface area contributed by atoms with E-state index >= 15 is 0 Å². The number of carbonyl (C=O) groups excluding carboxylic acids is 1. The summed E-state index contributed by atoms with van der Waals surface area (Å²) in [7, 11) is 0. The highest BCUT2D eigenvalue weighted by Gasteiger charge is 2.24. The zero-order valence-electron chi connectivity index (χ0n) is 17.8. The topological polar surface area (TPSA) is 128 Å². The molecule has 0 bridgehead atoms. The number of ether oxygens (including phenoxy) is 2. The Kier molecular flexibility index (Phi) is 5.67. The van der Waals surface area contributed by atoms with Gasteiger partial charge in [0.25, 0.3) is 0 Å². The van der Waals surface area contributed by atoms with Gasteiger partial charge in [0.05, 0.1) is 24.3 Å². The third-order valence-electron chi connectivity index (χ3n) is 5.26. The highest BCUT2D eigenvalue weighted by Crippen LogP contribution is 2.37. The molecule has 1 unspecified atom stereocenters. The van der Waals surface area contributed by atoms with Crippen LogP contribution in [0.15, 0.2) is 36.7 Å². The van der Waals surface area contributed by atoms with Crippen LogP contribution in [0.4, 0.5) is 15.9 Å². The van der Waals surface area contributed by atoms with Crippen LogP contribution in [0.25, 0.3) is 10.2 Å². The van der Waals surface area contributed by atoms with Crippen molar-refractivity contribution in [1.82, 2.24) is 14.7 Å². The first-order chi connectivity index (χ1) is 16.4. The lowest BCUT2D eigenvalue weighted by Gasteiger charge is -2.17. The van der Waals surface area contributed by atoms with Gasteiger partial charge in [-0.25, -0.2) is 19.2 Å². The molecule has 1 aliphatic rings. The number of hydrogen-bond acceptors (Lipinski definition) is 10. The summed E-state index contributed by atoms with van der Waals surface area (Å²) >= 11 is 1.07. The molecule has 0 saturated carbocycles. The summed E-state index contributed by atoms with van der Waals surface area (Å²) in [5.41, 5.74) is 1.03. The van der Waals surface area contributed by atoms with Crippen LogP contribution in [0.5, 0.6) is 17.5 Å². The molecule has 0 spiro atoms. The number of nitrogens with one attached hydrogen (secondary N) is 1. The van der Waals surface area contributed by atoms with Gasteiger partial charge >= 0.3 is 5.97 Å². The summed E-state index contributed by atoms with van der Waals surface area (Å²) in [4.78, 5) is 27.2. The third-order valence-corrected chi connectivity index (χ3v) is 6.44. The first kappa shape index (κ1) is 21.9. The average molecular weight is 486 g/mol. The van der Waals surface area contributed by atoms with Gasteiger partial charge in [-0.05, 0) is 24.6 Å². The van der Waals surface area contributed by atoms with E-state index in [2.05, 4.69) is 15.3 Å². The average Bonchev–Trinajstić information content (AvgIpc) is 3.52. The van der Waals surface area contributed by atoms with Gasteiger partial charge in [0.1, 0.15) is 39.5 Å². The maximum Gasteiger partial charge on any atom is 0.374 e. The highest BCUT2D eigenvalue weighted by atomic mass is 32.1. The fourth-order valence-corrected chi connectivity index (χ4v) is 4.61. The van der Waals surface area contributed by atoms with Crippen LogP contribution in [0.3, 0.4) is 0 Å². The molecule has 3 aromatic heterocycles. The molecule has 1 fully saturated rings. The summed E-state index contributed by atoms with van der Waals surface area (Å²) in [6.45, 7) is 2.72. The van der Waals surface area contributed by atoms with Crippen molar-refractivity contribution in [3.8, 4) is 17.5 Å². The minimum atomic E-state index is -0.791. The summed E-state index contributed by atoms with van der Waals surface area (Å²) in [6, 6.07) is 6.52. The molecule has 10 nitrogen and oxygen atoms in total. The van der Waals surface area contributed by atoms with E-state index in [0.717, 1.165) is 11.3 Å². The number of nitrogens with zero attached hydrogens (tertiary/aromatic N) is 3. The number of hydrogen-bond donors (Lipinski definition) is 3. The monoisotopic (exact) mass is 486 g/mol. The molecule has 1 aliphatic heterocycles. The molecule has 1 aromatic carbocycles. The second-order valence-electron chi connectivity index (χ2n) is 7.55. The van der Waals surface area contributed by atoms with Crippen LogP contribution in [0.1, 0.15) is 21.7 Å². The molecule has 1 atom stereocenters. The SMILES string of the molecule is Cc1c(C(=O)On2c(O)ccc2O)sc2ncnc(Nc3ccc(F)cc3OC3CCOC3)c12. The Morgan fingerprint density at radius 2 is 2.06 bits per heavy atom. The molecule has 176 valence electrons. The predicted octanol–water partition coefficient (Wildman–Crippen LogP) is 3.53. The van der Waals surface area contributed by atoms with Crippen molar-refractivity contribution in [3.05, 3.63) is 52.9 Å². The zero-order chi connectivity index (χ0) is 23.8. The molecule has 4 aromatic rings. The summed E-state index contributed by atoms with van der Waals surface area (Å²) in [6.07, 6.45) is 1.86. The maximum absolute atomic E-state index is 13.9. The van der Waals surface area contributed by atoms with Gasteiger partial charge in [-0.3, -0.25) is 0 Å². The number of anilines is 2. The molecule has 34 heavy (non-hydrogen) atoms. The highest BCUT2D eigenvalue weighted by molar-refractivity contribution is 7.20. The van der Waals surface area contributed by atoms with Crippen molar-refractivity contribution in [2.75, 3.05) is 18.5 Å². The number of rotatable bonds is 6. The Morgan fingerprint density at radius 1 is 1.26 bits per heavy atom. The van der Waals surface area contributed by atoms with E-state index in [1.54, 1.807) is 13.0 Å². The van der Waals surface area contributed by atoms with Crippen molar-refractivity contribution in [2.45, 2.75) is 19.4 Å². The molecule has 5 rings (SSSR count). The normalized spacial score (nSPS) is 15.5. The van der Waals surface area contributed by atoms with Crippen LogP contribution in [0.2, 0.25) is 0 Å². The number of aryl methyl sites for hydroxylation is 1. The van der Waals surface area contributed by atoms with Crippen LogP contribution in [-0.2, 0) is 4.74 Å². The van der Waals surface area contributed by atoms with Crippen molar-refractivity contribution >= 4 is 39.0 Å². The number of thiophene rings is 1. The molecule has 4 heterocycles. The van der Waals surface area contributed by atoms with Crippen molar-refractivity contribution in [3.63, 3.8) is 0 Å². The molecule has 0 aliphatic carbocycles. The second-order valence-corrected chi connectivity index (χ2v) is 8.55. The lowest BCUT2D eigenvalue weighted by molar-refractivity contribution is 0.0386. The minimum Gasteiger partial charge on any atom is -0.492 e. The molecular weight excluding hydrogens is 467 g/mol. The van der Waals surface area contributed by atoms with Crippen LogP contribution < -0.4 is 14.9 Å². The number of benzene rings is 1. The maximum atomic E-state index is 13.9. The Labute approximate surface area is 196 Å². The lowest BCUT2D eigenvalue weighted by Crippen LogP contribution is -2.18. The fraction of sp³-hybridized carbons (Fsp3) is 0.227. The minimum absolute atomic E-state index is 0.182. The second kappa shape index (κ2) is 8.80. The molecule has 3 N–H and O–H groups in total. The van der Waals surface area contributed by atoms with E-state index in [1.165, 1.54) is 30.6 Å². The van der Waals surface area contributed by atoms with Gasteiger partial charge < -0.3 is 29.8 Å². The van der Waals surface area contributed by atoms with Gasteiger partial charge in [-0.1, -0.05) is 0 Å². The Hall–Kier alpha value is -3.90. The fourth-order valence-electron chi connectivity index (χ4n) is 3.59. The van der Waals surface area contributed by atoms with Crippen LogP contribution in [0, 0.1) is 12.7 Å². The molecule has 12 heteroatoms. The van der Waals surface area contributed by atoms with E-state index in [1.807, 2.05) is 0 Å². The van der Waals surface area contributed by atoms with E-state index in [-0.39, 0.29) is 11.0 Å². The zero-order valence-corrected chi connectivity index (χ0v) is 18.6. The first-order valence-corrected chi connectivity index (χ1v) is 11.1. The van der Waals surface area contributed by atoms with Gasteiger partial charge in [-0.15, -0.1) is 16.1 Å². The smallest absolute Gasteiger partial charge is 0.374 e. The van der Waals surface area contributed by atoms with Crippen LogP contribution in [-0.4, -0.2) is 50.2 Å². The predicted molar refractivity (Wildman–Crippen MR) is 120 cm³/mol. The largest absolute Gasteiger partial charge is 0.492 e. The van der Waals surface area contributed by atoms with Crippen molar-refractivity contribution in [1.29, 1.82) is 0 Å². The Bertz CT molecular complexity index is 1360. The molecule has 0 radical (unpaired) electrons. The summed E-state index contributed by atoms with van der Waals surface area (Å²) < 4.78 is 25.8. The van der Waals surface area contributed by atoms with Crippen LogP contribution >= 0.6 is 11.3 Å². The van der Waals surface area contributed by atoms with Gasteiger partial charge in [-0.2, -0.15) is 0 Å². The van der Waals surface area contributed by atoms with Gasteiger partial charge in [0.15, 0.2) is 0 Å². The van der Waals surface area contributed by atoms with Crippen molar-refractivity contribution < 1.29 is 33.7 Å².